The number of allylic oxidation sites excluding steroid dienone is 2. The molecule has 1 fully saturated rings. The van der Waals surface area contributed by atoms with Crippen molar-refractivity contribution in [1.82, 2.24) is 9.88 Å². The van der Waals surface area contributed by atoms with Crippen LogP contribution in [0.25, 0.3) is 0 Å². The summed E-state index contributed by atoms with van der Waals surface area (Å²) in [7, 11) is -4.48. The molecule has 3 aliphatic rings. The first-order chi connectivity index (χ1) is 31.1. The Morgan fingerprint density at radius 1 is 0.818 bits per heavy atom. The minimum absolute atomic E-state index is 0. The standard InChI is InChI=1S/C20H19NO3.C19H25NO4.C12H26O4S.Na/c1-16(23-20-9-5-6-14-21-20)15-22-17-10-12-19(13-11-17)24-18-7-3-2-4-8-18;1-11(2)9-14-15(19(14,3)4)18(23)24-10-20-16(21)12-7-5-6-8-13(12)17(20)22;1-2-3-4-5-6-7-8-9-10-11-12-16-17(13,14)15;/h2-14,16H,15H2,1H3;9,14-15H,5-8,10H2,1-4H3;2-12H2,1H3,(H,13,14,15);/q;;;+1/p-1. The second-order valence-electron chi connectivity index (χ2n) is 17.6. The summed E-state index contributed by atoms with van der Waals surface area (Å²) in [5.74, 6) is 2.01. The van der Waals surface area contributed by atoms with Crippen molar-refractivity contribution in [2.75, 3.05) is 19.9 Å². The van der Waals surface area contributed by atoms with Crippen LogP contribution in [0.2, 0.25) is 0 Å². The van der Waals surface area contributed by atoms with Gasteiger partial charge in [-0.3, -0.25) is 18.6 Å². The van der Waals surface area contributed by atoms with E-state index in [2.05, 4.69) is 22.2 Å². The van der Waals surface area contributed by atoms with Gasteiger partial charge in [-0.1, -0.05) is 114 Å². The van der Waals surface area contributed by atoms with E-state index in [-0.39, 0.29) is 84.0 Å². The number of hydrogen-bond acceptors (Lipinski definition) is 12. The van der Waals surface area contributed by atoms with Crippen molar-refractivity contribution in [2.45, 2.75) is 138 Å². The number of rotatable bonds is 23. The Labute approximate surface area is 415 Å². The summed E-state index contributed by atoms with van der Waals surface area (Å²) >= 11 is 0. The number of benzene rings is 2. The molecule has 0 saturated heterocycles. The number of aromatic nitrogens is 1. The molecular weight excluding hydrogens is 872 g/mol. The summed E-state index contributed by atoms with van der Waals surface area (Å²) in [5, 5.41) is 0. The Morgan fingerprint density at radius 2 is 1.36 bits per heavy atom. The summed E-state index contributed by atoms with van der Waals surface area (Å²) in [6.07, 6.45) is 18.6. The van der Waals surface area contributed by atoms with Crippen LogP contribution < -0.4 is 43.8 Å². The molecule has 2 amide bonds. The fourth-order valence-corrected chi connectivity index (χ4v) is 8.10. The molecule has 3 unspecified atom stereocenters. The first kappa shape index (κ1) is 56.3. The monoisotopic (exact) mass is 940 g/mol. The van der Waals surface area contributed by atoms with Gasteiger partial charge in [0, 0.05) is 23.4 Å². The molecule has 15 heteroatoms. The molecule has 0 spiro atoms. The van der Waals surface area contributed by atoms with Crippen molar-refractivity contribution in [2.24, 2.45) is 17.3 Å². The van der Waals surface area contributed by atoms with E-state index in [9.17, 15) is 27.4 Å². The van der Waals surface area contributed by atoms with E-state index < -0.39 is 10.4 Å². The maximum Gasteiger partial charge on any atom is 1.00 e. The molecule has 2 aromatic carbocycles. The van der Waals surface area contributed by atoms with Crippen molar-refractivity contribution >= 4 is 28.2 Å². The molecule has 2 aliphatic carbocycles. The van der Waals surface area contributed by atoms with Crippen LogP contribution in [-0.2, 0) is 33.7 Å². The first-order valence-electron chi connectivity index (χ1n) is 23.1. The number of unbranched alkanes of at least 4 members (excludes halogenated alkanes) is 9. The minimum Gasteiger partial charge on any atom is -0.726 e. The molecule has 1 aromatic heterocycles. The molecule has 3 aromatic rings. The van der Waals surface area contributed by atoms with Gasteiger partial charge in [0.2, 0.25) is 16.3 Å². The maximum atomic E-state index is 12.4. The predicted octanol–water partition coefficient (Wildman–Crippen LogP) is 8.07. The van der Waals surface area contributed by atoms with Crippen LogP contribution in [-0.4, -0.2) is 66.7 Å². The van der Waals surface area contributed by atoms with Crippen molar-refractivity contribution in [3.05, 3.63) is 102 Å². The number of carbonyl (C=O) groups excluding carboxylic acids is 3. The zero-order valence-corrected chi connectivity index (χ0v) is 42.9. The smallest absolute Gasteiger partial charge is 0.726 e. The van der Waals surface area contributed by atoms with Crippen molar-refractivity contribution in [3.63, 3.8) is 0 Å². The Kier molecular flexibility index (Phi) is 24.7. The van der Waals surface area contributed by atoms with Crippen LogP contribution in [0.15, 0.2) is 102 Å². The molecule has 1 aliphatic heterocycles. The number of imide groups is 1. The van der Waals surface area contributed by atoms with Gasteiger partial charge in [-0.2, -0.15) is 0 Å². The Balaban J connectivity index is 0.000000266. The quantitative estimate of drug-likeness (QED) is 0.0171. The van der Waals surface area contributed by atoms with Crippen LogP contribution >= 0.6 is 0 Å². The van der Waals surface area contributed by atoms with Crippen LogP contribution in [0.5, 0.6) is 23.1 Å². The first-order valence-corrected chi connectivity index (χ1v) is 24.5. The van der Waals surface area contributed by atoms with Crippen molar-refractivity contribution < 1.29 is 80.0 Å². The fourth-order valence-electron chi connectivity index (χ4n) is 7.78. The zero-order valence-electron chi connectivity index (χ0n) is 40.1. The van der Waals surface area contributed by atoms with E-state index in [1.165, 1.54) is 50.5 Å². The number of nitrogens with zero attached hydrogens (tertiary/aromatic N) is 2. The number of amides is 2. The number of hydrogen-bond donors (Lipinski definition) is 0. The average Bonchev–Trinajstić information content (AvgIpc) is 3.73. The van der Waals surface area contributed by atoms with Crippen LogP contribution in [0, 0.1) is 17.3 Å². The SMILES string of the molecule is CC(C)=CC1C(C(=O)OCN2C(=O)C3=C(CCCC3)C2=O)C1(C)C.CC(COc1ccc(Oc2ccccc2)cc1)Oc1ccccn1.CCCCCCCCCCCCOS(=O)(=O)[O-].[Na+]. The van der Waals surface area contributed by atoms with E-state index in [0.29, 0.717) is 42.9 Å². The summed E-state index contributed by atoms with van der Waals surface area (Å²) in [5.41, 5.74) is 2.28. The second kappa shape index (κ2) is 29.0. The molecule has 0 bridgehead atoms. The van der Waals surface area contributed by atoms with Gasteiger partial charge in [0.15, 0.2) is 6.73 Å². The van der Waals surface area contributed by atoms with E-state index in [4.69, 9.17) is 18.9 Å². The molecule has 1 saturated carbocycles. The summed E-state index contributed by atoms with van der Waals surface area (Å²) < 4.78 is 57.0. The summed E-state index contributed by atoms with van der Waals surface area (Å²) in [4.78, 5) is 42.3. The van der Waals surface area contributed by atoms with Crippen molar-refractivity contribution in [1.29, 1.82) is 0 Å². The molecule has 6 rings (SSSR count). The third kappa shape index (κ3) is 19.7. The third-order valence-corrected chi connectivity index (χ3v) is 11.9. The van der Waals surface area contributed by atoms with Gasteiger partial charge in [0.25, 0.3) is 11.8 Å². The third-order valence-electron chi connectivity index (χ3n) is 11.5. The number of pyridine rings is 1. The molecule has 0 radical (unpaired) electrons. The summed E-state index contributed by atoms with van der Waals surface area (Å²) in [6.45, 7) is 12.5. The van der Waals surface area contributed by atoms with E-state index in [0.717, 1.165) is 47.8 Å². The number of ether oxygens (including phenoxy) is 4. The molecule has 0 N–H and O–H groups in total. The topological polar surface area (TPSA) is 171 Å². The van der Waals surface area contributed by atoms with Crippen LogP contribution in [0.1, 0.15) is 131 Å². The number of carbonyl (C=O) groups is 3. The predicted molar refractivity (Wildman–Crippen MR) is 249 cm³/mol. The van der Waals surface area contributed by atoms with Gasteiger partial charge < -0.3 is 23.5 Å². The second-order valence-corrected chi connectivity index (χ2v) is 18.6. The van der Waals surface area contributed by atoms with Gasteiger partial charge in [0.05, 0.1) is 12.5 Å². The Morgan fingerprint density at radius 3 is 1.91 bits per heavy atom. The largest absolute Gasteiger partial charge is 1.00 e. The van der Waals surface area contributed by atoms with Gasteiger partial charge >= 0.3 is 35.5 Å². The number of esters is 1. The fraction of sp³-hybridized carbons (Fsp3) is 0.529. The molecule has 356 valence electrons. The molecule has 2 heterocycles. The molecule has 66 heavy (non-hydrogen) atoms. The Bertz CT molecular complexity index is 2080. The van der Waals surface area contributed by atoms with Crippen LogP contribution in [0.4, 0.5) is 0 Å². The zero-order chi connectivity index (χ0) is 47.2. The molecular formula is C51H69N2NaO11S. The minimum atomic E-state index is -4.48. The number of para-hydroxylation sites is 1. The van der Waals surface area contributed by atoms with Gasteiger partial charge in [0.1, 0.15) is 30.0 Å². The normalized spacial score (nSPS) is 17.4. The molecule has 3 atom stereocenters. The maximum absolute atomic E-state index is 12.4. The average molecular weight is 941 g/mol. The van der Waals surface area contributed by atoms with Gasteiger partial charge in [-0.25, -0.2) is 18.3 Å². The van der Waals surface area contributed by atoms with E-state index >= 15 is 0 Å². The molecule has 13 nitrogen and oxygen atoms in total. The van der Waals surface area contributed by atoms with Crippen molar-refractivity contribution in [3.8, 4) is 23.1 Å². The van der Waals surface area contributed by atoms with Crippen LogP contribution in [0.3, 0.4) is 0 Å². The summed E-state index contributed by atoms with van der Waals surface area (Å²) in [6, 6.07) is 22.8. The Hall–Kier alpha value is -4.05. The van der Waals surface area contributed by atoms with E-state index in [1.807, 2.05) is 107 Å². The van der Waals surface area contributed by atoms with Gasteiger partial charge in [-0.15, -0.1) is 0 Å². The van der Waals surface area contributed by atoms with Gasteiger partial charge in [-0.05, 0) is 107 Å². The van der Waals surface area contributed by atoms with E-state index in [1.54, 1.807) is 6.20 Å².